The second-order valence-electron chi connectivity index (χ2n) is 7.69. The summed E-state index contributed by atoms with van der Waals surface area (Å²) in [6.45, 7) is 8.76. The Bertz CT molecular complexity index is 729. The van der Waals surface area contributed by atoms with Gasteiger partial charge in [-0.1, -0.05) is 30.3 Å². The number of ether oxygens (including phenoxy) is 1. The van der Waals surface area contributed by atoms with E-state index in [1.165, 1.54) is 6.20 Å². The molecular weight excluding hydrogens is 314 g/mol. The lowest BCUT2D eigenvalue weighted by Gasteiger charge is -2.36. The summed E-state index contributed by atoms with van der Waals surface area (Å²) in [5.74, 6) is -0.115. The number of aromatic nitrogens is 2. The van der Waals surface area contributed by atoms with Crippen LogP contribution in [0.1, 0.15) is 50.2 Å². The number of rotatable bonds is 4. The average molecular weight is 339 g/mol. The lowest BCUT2D eigenvalue weighted by Crippen LogP contribution is -2.49. The number of nitrogens with zero attached hydrogens (tertiary/aromatic N) is 3. The minimum atomic E-state index is -0.434. The molecular formula is C20H25N3O2. The normalized spacial score (nSPS) is 21.0. The van der Waals surface area contributed by atoms with E-state index in [0.717, 1.165) is 12.0 Å². The quantitative estimate of drug-likeness (QED) is 0.856. The van der Waals surface area contributed by atoms with E-state index in [1.807, 2.05) is 49.1 Å². The van der Waals surface area contributed by atoms with Crippen molar-refractivity contribution in [2.75, 3.05) is 0 Å². The zero-order valence-corrected chi connectivity index (χ0v) is 15.3. The van der Waals surface area contributed by atoms with Crippen molar-refractivity contribution >= 4 is 5.91 Å². The number of amides is 1. The smallest absolute Gasteiger partial charge is 0.274 e. The fourth-order valence-corrected chi connectivity index (χ4v) is 3.68. The Kier molecular flexibility index (Phi) is 4.60. The minimum Gasteiger partial charge on any atom is -0.367 e. The predicted molar refractivity (Wildman–Crippen MR) is 96.0 cm³/mol. The minimum absolute atomic E-state index is 0.0442. The Morgan fingerprint density at radius 1 is 1.20 bits per heavy atom. The summed E-state index contributed by atoms with van der Waals surface area (Å²) in [6, 6.07) is 9.97. The van der Waals surface area contributed by atoms with Crippen LogP contribution in [0.4, 0.5) is 0 Å². The van der Waals surface area contributed by atoms with Gasteiger partial charge in [0.2, 0.25) is 0 Å². The molecule has 0 spiro atoms. The molecule has 1 aliphatic heterocycles. The Morgan fingerprint density at radius 2 is 1.92 bits per heavy atom. The molecule has 5 heteroatoms. The maximum Gasteiger partial charge on any atom is 0.274 e. The summed E-state index contributed by atoms with van der Waals surface area (Å²) in [4.78, 5) is 23.3. The maximum atomic E-state index is 13.2. The molecule has 0 bridgehead atoms. The molecule has 1 atom stereocenters. The Morgan fingerprint density at radius 3 is 2.48 bits per heavy atom. The highest BCUT2D eigenvalue weighted by atomic mass is 16.5. The standard InChI is InChI=1S/C20H25N3O2/c1-19(2)12-17(20(3,4)25-19)23(14-15-8-6-5-7-9-15)18(24)16-13-21-10-11-22-16/h5-11,13,17H,12,14H2,1-4H3. The zero-order valence-electron chi connectivity index (χ0n) is 15.3. The highest BCUT2D eigenvalue weighted by Crippen LogP contribution is 2.41. The predicted octanol–water partition coefficient (Wildman–Crippen LogP) is 3.47. The van der Waals surface area contributed by atoms with Crippen molar-refractivity contribution in [3.63, 3.8) is 0 Å². The lowest BCUT2D eigenvalue weighted by molar-refractivity contribution is -0.0785. The van der Waals surface area contributed by atoms with Crippen LogP contribution in [0.2, 0.25) is 0 Å². The van der Waals surface area contributed by atoms with Gasteiger partial charge in [0.1, 0.15) is 5.69 Å². The van der Waals surface area contributed by atoms with E-state index in [9.17, 15) is 4.79 Å². The SMILES string of the molecule is CC1(C)CC(N(Cc2ccccc2)C(=O)c2cnccn2)C(C)(C)O1. The Hall–Kier alpha value is -2.27. The second kappa shape index (κ2) is 6.56. The molecule has 0 aliphatic carbocycles. The van der Waals surface area contributed by atoms with Crippen LogP contribution < -0.4 is 0 Å². The number of benzene rings is 1. The van der Waals surface area contributed by atoms with Crippen molar-refractivity contribution in [3.8, 4) is 0 Å². The molecule has 132 valence electrons. The molecule has 1 aliphatic rings. The summed E-state index contributed by atoms with van der Waals surface area (Å²) < 4.78 is 6.22. The number of hydrogen-bond donors (Lipinski definition) is 0. The van der Waals surface area contributed by atoms with Crippen molar-refractivity contribution in [2.45, 2.75) is 57.9 Å². The summed E-state index contributed by atoms with van der Waals surface area (Å²) in [5.41, 5.74) is 0.737. The molecule has 1 saturated heterocycles. The lowest BCUT2D eigenvalue weighted by atomic mass is 9.92. The van der Waals surface area contributed by atoms with Gasteiger partial charge in [-0.2, -0.15) is 0 Å². The van der Waals surface area contributed by atoms with Crippen LogP contribution in [0, 0.1) is 0 Å². The van der Waals surface area contributed by atoms with Gasteiger partial charge in [-0.05, 0) is 39.7 Å². The third-order valence-corrected chi connectivity index (χ3v) is 4.64. The molecule has 0 radical (unpaired) electrons. The fraction of sp³-hybridized carbons (Fsp3) is 0.450. The molecule has 2 heterocycles. The Balaban J connectivity index is 1.96. The molecule has 1 fully saturated rings. The van der Waals surface area contributed by atoms with Gasteiger partial charge < -0.3 is 9.64 Å². The van der Waals surface area contributed by atoms with E-state index in [1.54, 1.807) is 12.4 Å². The van der Waals surface area contributed by atoms with E-state index < -0.39 is 5.60 Å². The van der Waals surface area contributed by atoms with Crippen molar-refractivity contribution < 1.29 is 9.53 Å². The first-order valence-electron chi connectivity index (χ1n) is 8.60. The maximum absolute atomic E-state index is 13.2. The summed E-state index contributed by atoms with van der Waals surface area (Å²) >= 11 is 0. The van der Waals surface area contributed by atoms with Crippen LogP contribution in [0.5, 0.6) is 0 Å². The van der Waals surface area contributed by atoms with Crippen molar-refractivity contribution in [3.05, 3.63) is 60.2 Å². The van der Waals surface area contributed by atoms with E-state index in [0.29, 0.717) is 12.2 Å². The average Bonchev–Trinajstić information content (AvgIpc) is 2.81. The zero-order chi connectivity index (χ0) is 18.1. The third-order valence-electron chi connectivity index (χ3n) is 4.64. The second-order valence-corrected chi connectivity index (χ2v) is 7.69. The molecule has 1 aromatic carbocycles. The van der Waals surface area contributed by atoms with E-state index in [-0.39, 0.29) is 17.6 Å². The largest absolute Gasteiger partial charge is 0.367 e. The van der Waals surface area contributed by atoms with E-state index >= 15 is 0 Å². The topological polar surface area (TPSA) is 55.3 Å². The molecule has 5 nitrogen and oxygen atoms in total. The first kappa shape index (κ1) is 17.5. The molecule has 25 heavy (non-hydrogen) atoms. The van der Waals surface area contributed by atoms with Gasteiger partial charge in [-0.15, -0.1) is 0 Å². The van der Waals surface area contributed by atoms with Crippen LogP contribution in [0.15, 0.2) is 48.9 Å². The van der Waals surface area contributed by atoms with Crippen molar-refractivity contribution in [1.29, 1.82) is 0 Å². The van der Waals surface area contributed by atoms with E-state index in [4.69, 9.17) is 4.74 Å². The highest BCUT2D eigenvalue weighted by Gasteiger charge is 2.49. The van der Waals surface area contributed by atoms with Gasteiger partial charge in [0, 0.05) is 18.9 Å². The van der Waals surface area contributed by atoms with E-state index in [2.05, 4.69) is 23.8 Å². The van der Waals surface area contributed by atoms with Crippen LogP contribution in [0.25, 0.3) is 0 Å². The Labute approximate surface area is 149 Å². The van der Waals surface area contributed by atoms with Crippen LogP contribution >= 0.6 is 0 Å². The van der Waals surface area contributed by atoms with Gasteiger partial charge >= 0.3 is 0 Å². The van der Waals surface area contributed by atoms with Crippen LogP contribution in [-0.2, 0) is 11.3 Å². The fourth-order valence-electron chi connectivity index (χ4n) is 3.68. The summed E-state index contributed by atoms with van der Waals surface area (Å²) in [6.07, 6.45) is 5.42. The van der Waals surface area contributed by atoms with Gasteiger partial charge in [-0.25, -0.2) is 4.98 Å². The summed E-state index contributed by atoms with van der Waals surface area (Å²) in [7, 11) is 0. The molecule has 0 saturated carbocycles. The van der Waals surface area contributed by atoms with Crippen molar-refractivity contribution in [2.24, 2.45) is 0 Å². The van der Waals surface area contributed by atoms with Crippen LogP contribution in [0.3, 0.4) is 0 Å². The molecule has 1 unspecified atom stereocenters. The molecule has 3 rings (SSSR count). The van der Waals surface area contributed by atoms with Crippen LogP contribution in [-0.4, -0.2) is 38.0 Å². The highest BCUT2D eigenvalue weighted by molar-refractivity contribution is 5.92. The van der Waals surface area contributed by atoms with Gasteiger partial charge in [0.25, 0.3) is 5.91 Å². The van der Waals surface area contributed by atoms with Gasteiger partial charge in [0.05, 0.1) is 23.4 Å². The van der Waals surface area contributed by atoms with Gasteiger partial charge in [-0.3, -0.25) is 9.78 Å². The molecule has 2 aromatic rings. The number of carbonyl (C=O) groups is 1. The first-order chi connectivity index (χ1) is 11.8. The summed E-state index contributed by atoms with van der Waals surface area (Å²) in [5, 5.41) is 0. The number of hydrogen-bond acceptors (Lipinski definition) is 4. The van der Waals surface area contributed by atoms with Gasteiger partial charge in [0.15, 0.2) is 0 Å². The first-order valence-corrected chi connectivity index (χ1v) is 8.60. The molecule has 1 amide bonds. The third kappa shape index (κ3) is 3.87. The van der Waals surface area contributed by atoms with Crippen molar-refractivity contribution in [1.82, 2.24) is 14.9 Å². The molecule has 0 N–H and O–H groups in total. The molecule has 1 aromatic heterocycles. The monoisotopic (exact) mass is 339 g/mol. The number of carbonyl (C=O) groups excluding carboxylic acids is 1.